The predicted octanol–water partition coefficient (Wildman–Crippen LogP) is 3.42. The monoisotopic (exact) mass is 360 g/mol. The molecule has 1 unspecified atom stereocenters. The molecule has 2 heterocycles. The molecule has 3 aromatic rings. The molecule has 0 saturated heterocycles. The molecule has 0 bridgehead atoms. The summed E-state index contributed by atoms with van der Waals surface area (Å²) in [5, 5.41) is 4.90. The van der Waals surface area contributed by atoms with Crippen LogP contribution >= 0.6 is 11.3 Å². The van der Waals surface area contributed by atoms with Crippen LogP contribution < -0.4 is 20.4 Å². The molecule has 3 rings (SSSR count). The smallest absolute Gasteiger partial charge is 0.413 e. The van der Waals surface area contributed by atoms with Crippen molar-refractivity contribution in [3.05, 3.63) is 51.5 Å². The minimum Gasteiger partial charge on any atom is -0.497 e. The fourth-order valence-electron chi connectivity index (χ4n) is 2.23. The Morgan fingerprint density at radius 3 is 2.64 bits per heavy atom. The Balaban J connectivity index is 1.71. The van der Waals surface area contributed by atoms with Crippen LogP contribution in [0.4, 0.5) is 4.79 Å². The number of carbonyl (C=O) groups excluding carboxylic acids is 1. The van der Waals surface area contributed by atoms with Crippen molar-refractivity contribution < 1.29 is 18.7 Å². The lowest BCUT2D eigenvalue weighted by Gasteiger charge is -2.12. The highest BCUT2D eigenvalue weighted by Crippen LogP contribution is 2.22. The van der Waals surface area contributed by atoms with Crippen LogP contribution in [0.5, 0.6) is 11.5 Å². The van der Waals surface area contributed by atoms with Crippen LogP contribution in [0.2, 0.25) is 0 Å². The minimum absolute atomic E-state index is 0.131. The van der Waals surface area contributed by atoms with Crippen LogP contribution in [0.25, 0.3) is 10.2 Å². The van der Waals surface area contributed by atoms with E-state index in [-0.39, 0.29) is 5.89 Å². The molecular weight excluding hydrogens is 344 g/mol. The molecule has 0 fully saturated rings. The van der Waals surface area contributed by atoms with E-state index in [4.69, 9.17) is 13.9 Å². The number of hydrogen-bond acceptors (Lipinski definition) is 7. The second-order valence-corrected chi connectivity index (χ2v) is 6.23. The van der Waals surface area contributed by atoms with E-state index < -0.39 is 17.8 Å². The quantitative estimate of drug-likeness (QED) is 0.767. The average Bonchev–Trinajstić information content (AvgIpc) is 2.97. The van der Waals surface area contributed by atoms with Gasteiger partial charge in [0.05, 0.1) is 12.5 Å². The van der Waals surface area contributed by atoms with E-state index in [0.717, 1.165) is 5.56 Å². The highest BCUT2D eigenvalue weighted by molar-refractivity contribution is 7.16. The molecule has 8 heteroatoms. The molecule has 0 aliphatic rings. The number of rotatable bonds is 4. The normalized spacial score (nSPS) is 12.0. The van der Waals surface area contributed by atoms with Crippen LogP contribution in [0.3, 0.4) is 0 Å². The number of hydrogen-bond donors (Lipinski definition) is 1. The number of methoxy groups -OCH3 is 1. The zero-order valence-electron chi connectivity index (χ0n) is 13.9. The first kappa shape index (κ1) is 17.0. The van der Waals surface area contributed by atoms with Crippen LogP contribution in [-0.4, -0.2) is 18.2 Å². The summed E-state index contributed by atoms with van der Waals surface area (Å²) >= 11 is 1.36. The van der Waals surface area contributed by atoms with Crippen LogP contribution in [0, 0.1) is 6.92 Å². The molecule has 1 amide bonds. The van der Waals surface area contributed by atoms with Crippen molar-refractivity contribution in [2.45, 2.75) is 19.9 Å². The lowest BCUT2D eigenvalue weighted by Crippen LogP contribution is -2.30. The Kier molecular flexibility index (Phi) is 4.71. The first-order valence-electron chi connectivity index (χ1n) is 7.49. The molecule has 0 aliphatic carbocycles. The number of aryl methyl sites for hydroxylation is 1. The molecule has 2 aromatic heterocycles. The third-order valence-corrected chi connectivity index (χ3v) is 4.53. The summed E-state index contributed by atoms with van der Waals surface area (Å²) in [6.07, 6.45) is -0.676. The maximum atomic E-state index is 12.1. The van der Waals surface area contributed by atoms with Gasteiger partial charge in [-0.3, -0.25) is 0 Å². The van der Waals surface area contributed by atoms with Gasteiger partial charge in [-0.1, -0.05) is 0 Å². The standard InChI is InChI=1S/C17H16N2O5S/c1-9-8-25-15-13(9)16(20)24-14(19-15)10(2)18-17(21)23-12-6-4-11(22-3)5-7-12/h4-8,10H,1-3H3,(H,18,21). The van der Waals surface area contributed by atoms with Gasteiger partial charge in [0.2, 0.25) is 5.89 Å². The van der Waals surface area contributed by atoms with Crippen LogP contribution in [0.1, 0.15) is 24.4 Å². The molecule has 1 aromatic carbocycles. The van der Waals surface area contributed by atoms with E-state index in [1.807, 2.05) is 12.3 Å². The van der Waals surface area contributed by atoms with Crippen LogP contribution in [-0.2, 0) is 0 Å². The number of aromatic nitrogens is 1. The van der Waals surface area contributed by atoms with Crippen molar-refractivity contribution in [3.63, 3.8) is 0 Å². The van der Waals surface area contributed by atoms with Gasteiger partial charge in [-0.2, -0.15) is 0 Å². The van der Waals surface area contributed by atoms with Gasteiger partial charge in [0.15, 0.2) is 0 Å². The lowest BCUT2D eigenvalue weighted by molar-refractivity contribution is 0.194. The molecule has 0 saturated carbocycles. The number of benzene rings is 1. The minimum atomic E-state index is -0.676. The fraction of sp³-hybridized carbons (Fsp3) is 0.235. The van der Waals surface area contributed by atoms with Crippen molar-refractivity contribution in [2.24, 2.45) is 0 Å². The molecule has 0 radical (unpaired) electrons. The van der Waals surface area contributed by atoms with Gasteiger partial charge in [-0.25, -0.2) is 14.6 Å². The van der Waals surface area contributed by atoms with Crippen molar-refractivity contribution >= 4 is 27.6 Å². The summed E-state index contributed by atoms with van der Waals surface area (Å²) in [6, 6.07) is 5.97. The Hall–Kier alpha value is -2.87. The summed E-state index contributed by atoms with van der Waals surface area (Å²) in [4.78, 5) is 28.9. The van der Waals surface area contributed by atoms with Gasteiger partial charge >= 0.3 is 11.7 Å². The SMILES string of the molecule is COc1ccc(OC(=O)NC(C)c2nc3scc(C)c3c(=O)o2)cc1. The number of amides is 1. The zero-order chi connectivity index (χ0) is 18.0. The van der Waals surface area contributed by atoms with E-state index in [1.54, 1.807) is 38.3 Å². The van der Waals surface area contributed by atoms with Gasteiger partial charge in [0.1, 0.15) is 22.4 Å². The van der Waals surface area contributed by atoms with E-state index in [0.29, 0.717) is 21.7 Å². The Labute approximate surface area is 147 Å². The Bertz CT molecular complexity index is 961. The number of nitrogens with zero attached hydrogens (tertiary/aromatic N) is 1. The molecule has 25 heavy (non-hydrogen) atoms. The van der Waals surface area contributed by atoms with E-state index in [2.05, 4.69) is 10.3 Å². The van der Waals surface area contributed by atoms with Gasteiger partial charge in [0.25, 0.3) is 0 Å². The summed E-state index contributed by atoms with van der Waals surface area (Å²) in [6.45, 7) is 3.48. The molecule has 1 N–H and O–H groups in total. The van der Waals surface area contributed by atoms with Gasteiger partial charge in [-0.05, 0) is 49.1 Å². The first-order chi connectivity index (χ1) is 12.0. The number of fused-ring (bicyclic) bond motifs is 1. The van der Waals surface area contributed by atoms with Gasteiger partial charge in [-0.15, -0.1) is 11.3 Å². The fourth-order valence-corrected chi connectivity index (χ4v) is 3.15. The molecular formula is C17H16N2O5S. The highest BCUT2D eigenvalue weighted by atomic mass is 32.1. The van der Waals surface area contributed by atoms with Crippen molar-refractivity contribution in [2.75, 3.05) is 7.11 Å². The number of carbonyl (C=O) groups is 1. The predicted molar refractivity (Wildman–Crippen MR) is 93.5 cm³/mol. The van der Waals surface area contributed by atoms with Crippen molar-refractivity contribution in [3.8, 4) is 11.5 Å². The summed E-state index contributed by atoms with van der Waals surface area (Å²) in [5.41, 5.74) is 0.364. The van der Waals surface area contributed by atoms with E-state index in [1.165, 1.54) is 11.3 Å². The van der Waals surface area contributed by atoms with E-state index >= 15 is 0 Å². The van der Waals surface area contributed by atoms with Gasteiger partial charge < -0.3 is 19.2 Å². The zero-order valence-corrected chi connectivity index (χ0v) is 14.7. The molecule has 0 aliphatic heterocycles. The average molecular weight is 360 g/mol. The second-order valence-electron chi connectivity index (χ2n) is 5.37. The summed E-state index contributed by atoms with van der Waals surface area (Å²) in [5.74, 6) is 1.15. The highest BCUT2D eigenvalue weighted by Gasteiger charge is 2.18. The Morgan fingerprint density at radius 1 is 1.28 bits per heavy atom. The second kappa shape index (κ2) is 6.94. The Morgan fingerprint density at radius 2 is 1.96 bits per heavy atom. The van der Waals surface area contributed by atoms with Crippen molar-refractivity contribution in [1.82, 2.24) is 10.3 Å². The largest absolute Gasteiger partial charge is 0.497 e. The van der Waals surface area contributed by atoms with Crippen LogP contribution in [0.15, 0.2) is 38.9 Å². The topological polar surface area (TPSA) is 90.7 Å². The maximum Gasteiger partial charge on any atom is 0.413 e. The number of ether oxygens (including phenoxy) is 2. The van der Waals surface area contributed by atoms with Gasteiger partial charge in [0, 0.05) is 0 Å². The molecule has 1 atom stereocenters. The lowest BCUT2D eigenvalue weighted by atomic mass is 10.3. The molecule has 130 valence electrons. The summed E-state index contributed by atoms with van der Waals surface area (Å²) in [7, 11) is 1.55. The van der Waals surface area contributed by atoms with Crippen molar-refractivity contribution in [1.29, 1.82) is 0 Å². The first-order valence-corrected chi connectivity index (χ1v) is 8.37. The van der Waals surface area contributed by atoms with E-state index in [9.17, 15) is 9.59 Å². The molecule has 7 nitrogen and oxygen atoms in total. The maximum absolute atomic E-state index is 12.1. The molecule has 0 spiro atoms. The third kappa shape index (κ3) is 3.63. The number of thiophene rings is 1. The summed E-state index contributed by atoms with van der Waals surface area (Å²) < 4.78 is 15.4. The third-order valence-electron chi connectivity index (χ3n) is 3.54. The number of nitrogens with one attached hydrogen (secondary N) is 1.